The Bertz CT molecular complexity index is 1640. The summed E-state index contributed by atoms with van der Waals surface area (Å²) in [5.74, 6) is -0.236. The Morgan fingerprint density at radius 3 is 2.36 bits per heavy atom. The SMILES string of the molecule is Cc1cc2c(nc(N3CC(C)(N(C)C)C3)c3nnn([C@H]4CCN(C(=O)OC(C)(C)C)[C@H](CC(=O)OC(C)(C)C)C4)c32)c(F)c1Br. The number of amides is 1. The lowest BCUT2D eigenvalue weighted by Gasteiger charge is -2.52. The van der Waals surface area contributed by atoms with E-state index in [1.165, 1.54) is 0 Å². The van der Waals surface area contributed by atoms with Crippen molar-refractivity contribution < 1.29 is 23.5 Å². The molecule has 2 aliphatic heterocycles. The predicted molar refractivity (Wildman–Crippen MR) is 175 cm³/mol. The maximum Gasteiger partial charge on any atom is 0.410 e. The summed E-state index contributed by atoms with van der Waals surface area (Å²) in [4.78, 5) is 37.1. The average Bonchev–Trinajstić information content (AvgIpc) is 3.33. The molecule has 1 amide bonds. The Hall–Kier alpha value is -3.06. The summed E-state index contributed by atoms with van der Waals surface area (Å²) in [6.07, 6.45) is 0.489. The summed E-state index contributed by atoms with van der Waals surface area (Å²) in [5.41, 5.74) is 0.863. The van der Waals surface area contributed by atoms with Crippen molar-refractivity contribution in [1.29, 1.82) is 0 Å². The second-order valence-corrected chi connectivity index (χ2v) is 15.7. The first kappa shape index (κ1) is 33.3. The van der Waals surface area contributed by atoms with Gasteiger partial charge in [0.05, 0.1) is 22.5 Å². The van der Waals surface area contributed by atoms with Gasteiger partial charge >= 0.3 is 12.1 Å². The van der Waals surface area contributed by atoms with Crippen molar-refractivity contribution in [3.63, 3.8) is 0 Å². The number of anilines is 1. The molecule has 4 heterocycles. The molecule has 0 saturated carbocycles. The molecule has 2 aromatic heterocycles. The van der Waals surface area contributed by atoms with Gasteiger partial charge in [-0.05, 0) is 110 Å². The summed E-state index contributed by atoms with van der Waals surface area (Å²) in [6, 6.07) is 1.19. The number of pyridine rings is 1. The van der Waals surface area contributed by atoms with Crippen LogP contribution >= 0.6 is 15.9 Å². The fourth-order valence-corrected chi connectivity index (χ4v) is 6.46. The van der Waals surface area contributed by atoms with Gasteiger partial charge in [0.2, 0.25) is 0 Å². The summed E-state index contributed by atoms with van der Waals surface area (Å²) in [6.45, 7) is 16.7. The third kappa shape index (κ3) is 6.61. The van der Waals surface area contributed by atoms with E-state index in [1.807, 2.05) is 73.3 Å². The topological polar surface area (TPSA) is 106 Å². The number of fused-ring (bicyclic) bond motifs is 3. The third-order valence-electron chi connectivity index (χ3n) is 8.67. The van der Waals surface area contributed by atoms with Crippen molar-refractivity contribution in [2.75, 3.05) is 38.6 Å². The third-order valence-corrected chi connectivity index (χ3v) is 9.64. The van der Waals surface area contributed by atoms with Gasteiger partial charge in [-0.25, -0.2) is 18.9 Å². The number of nitrogens with zero attached hydrogens (tertiary/aromatic N) is 7. The summed E-state index contributed by atoms with van der Waals surface area (Å²) in [7, 11) is 4.10. The number of carbonyl (C=O) groups excluding carboxylic acids is 2. The van der Waals surface area contributed by atoms with Crippen LogP contribution in [-0.4, -0.2) is 98.4 Å². The van der Waals surface area contributed by atoms with Crippen molar-refractivity contribution >= 4 is 55.7 Å². The van der Waals surface area contributed by atoms with Crippen LogP contribution in [0.15, 0.2) is 10.5 Å². The number of piperidine rings is 1. The van der Waals surface area contributed by atoms with Crippen LogP contribution in [0.5, 0.6) is 0 Å². The number of aryl methyl sites for hydroxylation is 1. The van der Waals surface area contributed by atoms with Crippen molar-refractivity contribution in [3.8, 4) is 0 Å². The smallest absolute Gasteiger partial charge is 0.410 e. The Morgan fingerprint density at radius 1 is 1.11 bits per heavy atom. The van der Waals surface area contributed by atoms with Gasteiger partial charge in [0.1, 0.15) is 22.2 Å². The molecule has 0 unspecified atom stereocenters. The maximum absolute atomic E-state index is 15.8. The first-order valence-corrected chi connectivity index (χ1v) is 16.2. The number of hydrogen-bond donors (Lipinski definition) is 0. The zero-order valence-electron chi connectivity index (χ0n) is 28.0. The number of aromatic nitrogens is 4. The summed E-state index contributed by atoms with van der Waals surface area (Å²) in [5, 5.41) is 9.87. The molecule has 2 fully saturated rings. The number of benzene rings is 1. The highest BCUT2D eigenvalue weighted by molar-refractivity contribution is 9.10. The van der Waals surface area contributed by atoms with E-state index in [9.17, 15) is 9.59 Å². The Labute approximate surface area is 272 Å². The molecule has 0 radical (unpaired) electrons. The molecular weight excluding hydrogens is 645 g/mol. The van der Waals surface area contributed by atoms with Gasteiger partial charge in [0.25, 0.3) is 0 Å². The minimum atomic E-state index is -0.690. The number of carbonyl (C=O) groups is 2. The lowest BCUT2D eigenvalue weighted by molar-refractivity contribution is -0.156. The van der Waals surface area contributed by atoms with Crippen molar-refractivity contribution in [3.05, 3.63) is 21.9 Å². The number of rotatable bonds is 5. The largest absolute Gasteiger partial charge is 0.460 e. The molecule has 0 N–H and O–H groups in total. The zero-order valence-corrected chi connectivity index (χ0v) is 29.6. The van der Waals surface area contributed by atoms with Crippen LogP contribution in [0, 0.1) is 12.7 Å². The number of likely N-dealkylation sites (tertiary alicyclic amines) is 1. The number of esters is 1. The van der Waals surface area contributed by atoms with Crippen LogP contribution in [0.4, 0.5) is 15.0 Å². The van der Waals surface area contributed by atoms with E-state index < -0.39 is 35.1 Å². The normalized spacial score (nSPS) is 20.6. The van der Waals surface area contributed by atoms with Gasteiger partial charge in [-0.2, -0.15) is 0 Å². The summed E-state index contributed by atoms with van der Waals surface area (Å²) >= 11 is 3.41. The van der Waals surface area contributed by atoms with E-state index in [1.54, 1.807) is 4.90 Å². The molecule has 2 aliphatic rings. The highest BCUT2D eigenvalue weighted by Gasteiger charge is 2.43. The molecule has 13 heteroatoms. The first-order valence-electron chi connectivity index (χ1n) is 15.4. The van der Waals surface area contributed by atoms with Gasteiger partial charge in [-0.1, -0.05) is 5.21 Å². The van der Waals surface area contributed by atoms with Crippen LogP contribution < -0.4 is 4.90 Å². The van der Waals surface area contributed by atoms with Gasteiger partial charge in [-0.15, -0.1) is 5.10 Å². The molecule has 2 atom stereocenters. The van der Waals surface area contributed by atoms with Crippen molar-refractivity contribution in [2.45, 2.75) is 103 Å². The Balaban J connectivity index is 1.57. The number of halogens is 2. The highest BCUT2D eigenvalue weighted by atomic mass is 79.9. The van der Waals surface area contributed by atoms with Crippen LogP contribution in [0.1, 0.15) is 79.3 Å². The molecule has 11 nitrogen and oxygen atoms in total. The van der Waals surface area contributed by atoms with E-state index in [0.717, 1.165) is 5.56 Å². The molecule has 0 aliphatic carbocycles. The average molecular weight is 691 g/mol. The lowest BCUT2D eigenvalue weighted by Crippen LogP contribution is -2.67. The van der Waals surface area contributed by atoms with E-state index in [2.05, 4.69) is 43.0 Å². The molecule has 246 valence electrons. The van der Waals surface area contributed by atoms with Gasteiger partial charge in [0.15, 0.2) is 17.2 Å². The van der Waals surface area contributed by atoms with E-state index >= 15 is 4.39 Å². The standard InChI is InChI=1S/C32H45BrFN7O4/c1-18-13-21-25(24(34)23(18)33)35-28(39-16-32(8,17-39)38(9)10)26-27(21)41(37-36-26)19-11-12-40(29(43)45-31(5,6)7)20(14-19)15-22(42)44-30(2,3)4/h13,19-20H,11-12,14-17H2,1-10H3/t19-,20-/m0/s1. The van der Waals surface area contributed by atoms with Crippen LogP contribution in [0.3, 0.4) is 0 Å². The van der Waals surface area contributed by atoms with Gasteiger partial charge < -0.3 is 24.2 Å². The van der Waals surface area contributed by atoms with Crippen LogP contribution in [0.2, 0.25) is 0 Å². The quantitative estimate of drug-likeness (QED) is 0.298. The predicted octanol–water partition coefficient (Wildman–Crippen LogP) is 6.00. The Kier molecular flexibility index (Phi) is 8.61. The highest BCUT2D eigenvalue weighted by Crippen LogP contribution is 2.41. The second-order valence-electron chi connectivity index (χ2n) is 14.9. The molecule has 45 heavy (non-hydrogen) atoms. The number of likely N-dealkylation sites (N-methyl/N-ethyl adjacent to an activating group) is 1. The monoisotopic (exact) mass is 689 g/mol. The molecule has 0 bridgehead atoms. The molecule has 0 spiro atoms. The van der Waals surface area contributed by atoms with E-state index in [4.69, 9.17) is 14.5 Å². The van der Waals surface area contributed by atoms with Crippen molar-refractivity contribution in [1.82, 2.24) is 29.8 Å². The van der Waals surface area contributed by atoms with E-state index in [-0.39, 0.29) is 23.5 Å². The molecule has 5 rings (SSSR count). The number of hydrogen-bond acceptors (Lipinski definition) is 9. The minimum Gasteiger partial charge on any atom is -0.460 e. The van der Waals surface area contributed by atoms with Crippen molar-refractivity contribution in [2.24, 2.45) is 0 Å². The van der Waals surface area contributed by atoms with Gasteiger partial charge in [-0.3, -0.25) is 4.79 Å². The first-order chi connectivity index (χ1) is 20.8. The van der Waals surface area contributed by atoms with Crippen LogP contribution in [0.25, 0.3) is 21.9 Å². The van der Waals surface area contributed by atoms with Gasteiger partial charge in [0, 0.05) is 31.1 Å². The Morgan fingerprint density at radius 2 is 1.76 bits per heavy atom. The fraction of sp³-hybridized carbons (Fsp3) is 0.656. The molecular formula is C32H45BrFN7O4. The minimum absolute atomic E-state index is 0.00474. The fourth-order valence-electron chi connectivity index (χ4n) is 6.15. The number of ether oxygens (including phenoxy) is 2. The van der Waals surface area contributed by atoms with Crippen LogP contribution in [-0.2, 0) is 14.3 Å². The zero-order chi connectivity index (χ0) is 33.2. The lowest BCUT2D eigenvalue weighted by atomic mass is 9.90. The summed E-state index contributed by atoms with van der Waals surface area (Å²) < 4.78 is 29.4. The molecule has 2 saturated heterocycles. The molecule has 3 aromatic rings. The van der Waals surface area contributed by atoms with E-state index in [0.29, 0.717) is 59.2 Å². The second kappa shape index (κ2) is 11.6. The molecule has 1 aromatic carbocycles. The maximum atomic E-state index is 15.8.